The number of hydroxylamine groups is 1. The van der Waals surface area contributed by atoms with E-state index in [4.69, 9.17) is 44.5 Å². The molecular weight excluding hydrogens is 1180 g/mol. The number of fused-ring (bicyclic) bond motifs is 5. The van der Waals surface area contributed by atoms with Crippen molar-refractivity contribution in [2.75, 3.05) is 16.4 Å². The van der Waals surface area contributed by atoms with Crippen molar-refractivity contribution in [3.8, 4) is 0 Å². The van der Waals surface area contributed by atoms with E-state index < -0.39 is 5.91 Å². The van der Waals surface area contributed by atoms with Crippen molar-refractivity contribution in [2.45, 2.75) is 208 Å². The molecule has 9 aliphatic rings. The first-order valence-corrected chi connectivity index (χ1v) is 32.6. The maximum absolute atomic E-state index is 12.2. The highest BCUT2D eigenvalue weighted by Gasteiger charge is 2.33. The number of benzene rings is 2. The molecule has 6 atom stereocenters. The number of carbonyl (C=O) groups excluding carboxylic acids is 5. The molecule has 14 rings (SSSR count). The van der Waals surface area contributed by atoms with E-state index in [1.54, 1.807) is 11.5 Å². The fraction of sp³-hybridized carbons (Fsp3) is 0.582. The van der Waals surface area contributed by atoms with Crippen molar-refractivity contribution >= 4 is 69.0 Å². The monoisotopic (exact) mass is 1260 g/mol. The lowest BCUT2D eigenvalue weighted by Gasteiger charge is -2.20. The largest absolute Gasteiger partial charge is 0.462 e. The zero-order valence-corrected chi connectivity index (χ0v) is 53.5. The Hall–Kier alpha value is -6.11. The van der Waals surface area contributed by atoms with Gasteiger partial charge in [0.2, 0.25) is 0 Å². The third-order valence-electron chi connectivity index (χ3n) is 18.0. The van der Waals surface area contributed by atoms with E-state index >= 15 is 0 Å². The maximum atomic E-state index is 12.2. The smallest absolute Gasteiger partial charge is 0.338 e. The van der Waals surface area contributed by atoms with E-state index in [1.807, 2.05) is 36.1 Å². The average Bonchev–Trinajstić information content (AvgIpc) is 3.92. The SMILES string of the molecule is CC1CCC(=O)C(Br)C1.CC1CCC(=O)CC1.CC1CCC2=C(CC(=O)O2)C1.CC1CCc2oc(Cl)nc2C1.CC1CCc2oc(N3Cc4cccc(C(=O)NO)c4C3)nc2C1.CCOC(=O)c1cccc2c1CN(c1nc3c(o1)CCC(C)C3)C2. The summed E-state index contributed by atoms with van der Waals surface area (Å²) in [5, 5.41) is 9.19. The van der Waals surface area contributed by atoms with Gasteiger partial charge in [-0.3, -0.25) is 24.4 Å². The van der Waals surface area contributed by atoms with Crippen LogP contribution in [-0.2, 0) is 88.6 Å². The Kier molecular flexibility index (Phi) is 22.2. The molecule has 6 heterocycles. The number of ether oxygens (including phenoxy) is 2. The number of ketones is 2. The fourth-order valence-electron chi connectivity index (χ4n) is 12.7. The van der Waals surface area contributed by atoms with Crippen LogP contribution in [0.5, 0.6) is 0 Å². The third kappa shape index (κ3) is 16.7. The number of carbonyl (C=O) groups is 5. The second kappa shape index (κ2) is 29.7. The summed E-state index contributed by atoms with van der Waals surface area (Å²) < 4.78 is 27.4. The van der Waals surface area contributed by atoms with Crippen LogP contribution in [0.3, 0.4) is 0 Å². The van der Waals surface area contributed by atoms with E-state index in [0.717, 1.165) is 202 Å². The van der Waals surface area contributed by atoms with Gasteiger partial charge < -0.3 is 32.5 Å². The van der Waals surface area contributed by atoms with Gasteiger partial charge in [0.15, 0.2) is 0 Å². The Morgan fingerprint density at radius 1 is 0.628 bits per heavy atom. The minimum Gasteiger partial charge on any atom is -0.462 e. The van der Waals surface area contributed by atoms with Crippen molar-refractivity contribution in [1.82, 2.24) is 20.4 Å². The summed E-state index contributed by atoms with van der Waals surface area (Å²) in [6.45, 7) is 18.2. The van der Waals surface area contributed by atoms with Crippen LogP contribution < -0.4 is 15.3 Å². The summed E-state index contributed by atoms with van der Waals surface area (Å²) in [5.74, 6) is 8.37. The van der Waals surface area contributed by atoms with Crippen molar-refractivity contribution in [3.05, 3.63) is 121 Å². The second-order valence-electron chi connectivity index (χ2n) is 25.4. The van der Waals surface area contributed by atoms with Crippen LogP contribution in [0.4, 0.5) is 12.0 Å². The first-order valence-electron chi connectivity index (χ1n) is 31.3. The fourth-order valence-corrected chi connectivity index (χ4v) is 13.8. The van der Waals surface area contributed by atoms with Gasteiger partial charge in [0, 0.05) is 76.7 Å². The van der Waals surface area contributed by atoms with Crippen LogP contribution in [0, 0.1) is 35.5 Å². The topological polar surface area (TPSA) is 221 Å². The maximum Gasteiger partial charge on any atom is 0.338 e. The van der Waals surface area contributed by atoms with Crippen LogP contribution in [-0.4, -0.2) is 61.0 Å². The van der Waals surface area contributed by atoms with Crippen molar-refractivity contribution in [1.29, 1.82) is 0 Å². The zero-order chi connectivity index (χ0) is 61.2. The Morgan fingerprint density at radius 3 is 1.64 bits per heavy atom. The van der Waals surface area contributed by atoms with Gasteiger partial charge in [-0.05, 0) is 171 Å². The number of aryl methyl sites for hydroxylation is 3. The van der Waals surface area contributed by atoms with Gasteiger partial charge in [-0.15, -0.1) is 0 Å². The van der Waals surface area contributed by atoms with E-state index in [2.05, 4.69) is 78.4 Å². The standard InChI is InChI=1S/C19H22N2O3.C17H19N3O3.C9H12O2.C8H10ClNO.C7H11BrO.C7H12O/c1-3-23-18(22)14-6-4-5-13-10-21(11-15(13)14)19-20-16-9-12(2)7-8-17(16)24-19;1-10-5-6-15-14(7-10)18-17(23-15)20-8-11-3-2-4-12(13(11)9-20)16(21)19-22;1-6-2-3-8-7(4-6)5-9(10)11-8;1-5-2-3-7-6(4-5)10-8(9)11-7;1-5-2-3-7(9)6(8)4-5;1-6-2-4-7(8)5-3-6/h4-6,12H,3,7-11H2,1-2H3;2-4,10,22H,5-9H2,1H3,(H,19,21);6H,2-5H2,1H3;5H,2-4H2,1H3;5-6H,2-4H2,1H3;6H,2-5H2,1H3. The lowest BCUT2D eigenvalue weighted by molar-refractivity contribution is -0.136. The number of allylic oxidation sites excluding steroid dienone is 1. The predicted octanol–water partition coefficient (Wildman–Crippen LogP) is 14.3. The van der Waals surface area contributed by atoms with Crippen molar-refractivity contribution in [2.24, 2.45) is 35.5 Å². The molecule has 0 saturated heterocycles. The molecule has 17 nitrogen and oxygen atoms in total. The second-order valence-corrected chi connectivity index (χ2v) is 26.9. The summed E-state index contributed by atoms with van der Waals surface area (Å²) in [5.41, 5.74) is 11.5. The molecule has 3 aromatic heterocycles. The van der Waals surface area contributed by atoms with Gasteiger partial charge in [-0.25, -0.2) is 15.3 Å². The van der Waals surface area contributed by atoms with Gasteiger partial charge in [-0.2, -0.15) is 9.97 Å². The van der Waals surface area contributed by atoms with Gasteiger partial charge in [-0.1, -0.05) is 81.7 Å². The van der Waals surface area contributed by atoms with Crippen LogP contribution >= 0.6 is 27.5 Å². The summed E-state index contributed by atoms with van der Waals surface area (Å²) in [6, 6.07) is 12.7. The zero-order valence-electron chi connectivity index (χ0n) is 51.2. The molecule has 86 heavy (non-hydrogen) atoms. The molecule has 1 amide bonds. The predicted molar refractivity (Wildman–Crippen MR) is 330 cm³/mol. The third-order valence-corrected chi connectivity index (χ3v) is 19.0. The molecule has 19 heteroatoms. The Balaban J connectivity index is 0.000000130. The van der Waals surface area contributed by atoms with E-state index in [-0.39, 0.29) is 16.8 Å². The van der Waals surface area contributed by atoms with Crippen LogP contribution in [0.2, 0.25) is 5.35 Å². The van der Waals surface area contributed by atoms with Gasteiger partial charge in [0.05, 0.1) is 40.5 Å². The quantitative estimate of drug-likeness (QED) is 0.0723. The molecule has 6 unspecified atom stereocenters. The molecule has 0 bridgehead atoms. The first kappa shape index (κ1) is 64.4. The molecule has 2 N–H and O–H groups in total. The minimum absolute atomic E-state index is 0.0518. The number of esters is 2. The molecule has 2 aromatic carbocycles. The molecule has 0 radical (unpaired) electrons. The molecular formula is C67H86BrClN6O11. The molecule has 0 spiro atoms. The number of nitrogens with zero attached hydrogens (tertiary/aromatic N) is 5. The number of hydrogen-bond acceptors (Lipinski definition) is 16. The van der Waals surface area contributed by atoms with Crippen molar-refractivity contribution in [3.63, 3.8) is 0 Å². The Bertz CT molecular complexity index is 3250. The Morgan fingerprint density at radius 2 is 1.12 bits per heavy atom. The minimum atomic E-state index is -0.482. The molecule has 5 aromatic rings. The number of alkyl halides is 1. The first-order chi connectivity index (χ1) is 41.3. The number of aromatic nitrogens is 3. The number of anilines is 2. The molecule has 2 fully saturated rings. The van der Waals surface area contributed by atoms with Crippen LogP contribution in [0.25, 0.3) is 0 Å². The number of oxazole rings is 3. The Labute approximate surface area is 519 Å². The van der Waals surface area contributed by atoms with E-state index in [9.17, 15) is 24.0 Å². The summed E-state index contributed by atoms with van der Waals surface area (Å²) in [4.78, 5) is 74.1. The number of rotatable bonds is 5. The summed E-state index contributed by atoms with van der Waals surface area (Å²) >= 11 is 8.97. The van der Waals surface area contributed by atoms with Gasteiger partial charge in [0.1, 0.15) is 34.6 Å². The van der Waals surface area contributed by atoms with E-state index in [0.29, 0.717) is 84.6 Å². The highest BCUT2D eigenvalue weighted by atomic mass is 79.9. The van der Waals surface area contributed by atoms with Crippen LogP contribution in [0.1, 0.15) is 216 Å². The summed E-state index contributed by atoms with van der Waals surface area (Å²) in [7, 11) is 0. The average molecular weight is 1270 g/mol. The molecule has 3 aliphatic heterocycles. The number of amides is 1. The normalized spacial score (nSPS) is 23.4. The molecule has 464 valence electrons. The number of halogens is 2. The van der Waals surface area contributed by atoms with Gasteiger partial charge >= 0.3 is 11.9 Å². The number of nitrogens with one attached hydrogen (secondary N) is 1. The lowest BCUT2D eigenvalue weighted by atomic mass is 9.89. The van der Waals surface area contributed by atoms with E-state index in [1.165, 1.54) is 18.4 Å². The van der Waals surface area contributed by atoms with Crippen molar-refractivity contribution < 1.29 is 51.9 Å². The number of hydrogen-bond donors (Lipinski definition) is 2. The lowest BCUT2D eigenvalue weighted by Crippen LogP contribution is -2.23. The molecule has 2 saturated carbocycles. The number of Topliss-reactive ketones (excluding diaryl/α,β-unsaturated/α-hetero) is 2. The molecule has 6 aliphatic carbocycles. The van der Waals surface area contributed by atoms with Crippen LogP contribution in [0.15, 0.2) is 61.0 Å². The van der Waals surface area contributed by atoms with Gasteiger partial charge in [0.25, 0.3) is 23.3 Å². The highest BCUT2D eigenvalue weighted by Crippen LogP contribution is 2.38. The highest BCUT2D eigenvalue weighted by molar-refractivity contribution is 9.10. The summed E-state index contributed by atoms with van der Waals surface area (Å²) in [6.07, 6.45) is 20.0.